The van der Waals surface area contributed by atoms with Crippen LogP contribution < -0.4 is 5.73 Å². The van der Waals surface area contributed by atoms with Crippen LogP contribution in [0.3, 0.4) is 0 Å². The Kier molecular flexibility index (Phi) is 2.15. The van der Waals surface area contributed by atoms with E-state index in [1.54, 1.807) is 0 Å². The highest BCUT2D eigenvalue weighted by Crippen LogP contribution is 2.19. The summed E-state index contributed by atoms with van der Waals surface area (Å²) in [5.74, 6) is 0.169. The lowest BCUT2D eigenvalue weighted by atomic mass is 10.1. The first-order valence-corrected chi connectivity index (χ1v) is 3.77. The normalized spacial score (nSPS) is 32.5. The smallest absolute Gasteiger partial charge is 0.105 e. The maximum absolute atomic E-state index is 9.52. The second-order valence-electron chi connectivity index (χ2n) is 3.48. The number of hydrogen-bond acceptors (Lipinski definition) is 3. The molecule has 1 fully saturated rings. The Labute approximate surface area is 66.5 Å². The minimum Gasteiger partial charge on any atom is -0.389 e. The van der Waals surface area contributed by atoms with Gasteiger partial charge in [-0.25, -0.2) is 0 Å². The van der Waals surface area contributed by atoms with Gasteiger partial charge in [-0.3, -0.25) is 10.3 Å². The molecule has 0 bridgehead atoms. The number of nitrogens with zero attached hydrogens (tertiary/aromatic N) is 1. The molecule has 1 heterocycles. The van der Waals surface area contributed by atoms with Gasteiger partial charge in [0, 0.05) is 13.1 Å². The maximum Gasteiger partial charge on any atom is 0.105 e. The van der Waals surface area contributed by atoms with Crippen molar-refractivity contribution in [1.82, 2.24) is 4.90 Å². The van der Waals surface area contributed by atoms with Crippen molar-refractivity contribution < 1.29 is 5.11 Å². The van der Waals surface area contributed by atoms with Gasteiger partial charge >= 0.3 is 0 Å². The molecule has 1 saturated heterocycles. The molecule has 0 aromatic carbocycles. The van der Waals surface area contributed by atoms with Gasteiger partial charge < -0.3 is 10.8 Å². The number of hydrogen-bond donors (Lipinski definition) is 3. The SMILES string of the molecule is CC1(O)CCN(CC(=N)N)C1. The average Bonchev–Trinajstić information content (AvgIpc) is 2.08. The summed E-state index contributed by atoms with van der Waals surface area (Å²) in [6.07, 6.45) is 0.778. The summed E-state index contributed by atoms with van der Waals surface area (Å²) < 4.78 is 0. The predicted octanol–water partition coefficient (Wildman–Crippen LogP) is -0.621. The Hall–Kier alpha value is -0.610. The molecule has 64 valence electrons. The van der Waals surface area contributed by atoms with Crippen LogP contribution in [0, 0.1) is 5.41 Å². The van der Waals surface area contributed by atoms with Gasteiger partial charge in [0.2, 0.25) is 0 Å². The zero-order valence-electron chi connectivity index (χ0n) is 6.80. The van der Waals surface area contributed by atoms with Crippen LogP contribution in [0.4, 0.5) is 0 Å². The molecule has 0 radical (unpaired) electrons. The Morgan fingerprint density at radius 3 is 2.82 bits per heavy atom. The lowest BCUT2D eigenvalue weighted by Crippen LogP contribution is -2.35. The second-order valence-corrected chi connectivity index (χ2v) is 3.48. The topological polar surface area (TPSA) is 73.3 Å². The van der Waals surface area contributed by atoms with E-state index >= 15 is 0 Å². The fourth-order valence-corrected chi connectivity index (χ4v) is 1.41. The minimum absolute atomic E-state index is 0.169. The molecule has 4 heteroatoms. The van der Waals surface area contributed by atoms with Gasteiger partial charge in [-0.2, -0.15) is 0 Å². The number of rotatable bonds is 2. The van der Waals surface area contributed by atoms with Gasteiger partial charge in [0.15, 0.2) is 0 Å². The first-order chi connectivity index (χ1) is 4.99. The highest BCUT2D eigenvalue weighted by atomic mass is 16.3. The minimum atomic E-state index is -0.574. The molecule has 1 aliphatic rings. The first kappa shape index (κ1) is 8.49. The predicted molar refractivity (Wildman–Crippen MR) is 43.6 cm³/mol. The number of amidine groups is 1. The van der Waals surface area contributed by atoms with Crippen molar-refractivity contribution in [3.05, 3.63) is 0 Å². The van der Waals surface area contributed by atoms with E-state index in [1.807, 2.05) is 11.8 Å². The molecule has 0 aromatic rings. The van der Waals surface area contributed by atoms with Crippen LogP contribution in [0.2, 0.25) is 0 Å². The van der Waals surface area contributed by atoms with Crippen molar-refractivity contribution >= 4 is 5.84 Å². The third-order valence-electron chi connectivity index (χ3n) is 1.92. The number of nitrogens with one attached hydrogen (secondary N) is 1. The molecule has 0 spiro atoms. The van der Waals surface area contributed by atoms with Crippen LogP contribution in [0.5, 0.6) is 0 Å². The summed E-state index contributed by atoms with van der Waals surface area (Å²) in [7, 11) is 0. The molecule has 0 saturated carbocycles. The monoisotopic (exact) mass is 157 g/mol. The molecule has 0 amide bonds. The zero-order valence-corrected chi connectivity index (χ0v) is 6.80. The molecule has 0 aromatic heterocycles. The van der Waals surface area contributed by atoms with E-state index < -0.39 is 5.60 Å². The highest BCUT2D eigenvalue weighted by molar-refractivity contribution is 5.78. The van der Waals surface area contributed by atoms with Crippen molar-refractivity contribution in [1.29, 1.82) is 5.41 Å². The van der Waals surface area contributed by atoms with Crippen LogP contribution >= 0.6 is 0 Å². The number of likely N-dealkylation sites (tertiary alicyclic amines) is 1. The van der Waals surface area contributed by atoms with Gasteiger partial charge in [-0.1, -0.05) is 0 Å². The van der Waals surface area contributed by atoms with Crippen molar-refractivity contribution in [3.63, 3.8) is 0 Å². The Balaban J connectivity index is 2.36. The van der Waals surface area contributed by atoms with Crippen LogP contribution in [-0.2, 0) is 0 Å². The van der Waals surface area contributed by atoms with Crippen LogP contribution in [-0.4, -0.2) is 41.1 Å². The van der Waals surface area contributed by atoms with Crippen molar-refractivity contribution in [2.75, 3.05) is 19.6 Å². The number of nitrogens with two attached hydrogens (primary N) is 1. The summed E-state index contributed by atoms with van der Waals surface area (Å²) in [5, 5.41) is 16.6. The lowest BCUT2D eigenvalue weighted by molar-refractivity contribution is 0.0707. The van der Waals surface area contributed by atoms with E-state index in [2.05, 4.69) is 0 Å². The van der Waals surface area contributed by atoms with Crippen LogP contribution in [0.25, 0.3) is 0 Å². The summed E-state index contributed by atoms with van der Waals surface area (Å²) in [5.41, 5.74) is 4.65. The third kappa shape index (κ3) is 2.48. The van der Waals surface area contributed by atoms with Crippen molar-refractivity contribution in [3.8, 4) is 0 Å². The summed E-state index contributed by atoms with van der Waals surface area (Å²) in [4.78, 5) is 1.99. The lowest BCUT2D eigenvalue weighted by Gasteiger charge is -2.17. The average molecular weight is 157 g/mol. The zero-order chi connectivity index (χ0) is 8.48. The van der Waals surface area contributed by atoms with Crippen LogP contribution in [0.15, 0.2) is 0 Å². The number of aliphatic hydroxyl groups is 1. The number of β-amino-alcohol motifs (C(OH)–C–C–N with tert-alkyl or cyclic N) is 1. The fourth-order valence-electron chi connectivity index (χ4n) is 1.41. The van der Waals surface area contributed by atoms with E-state index in [-0.39, 0.29) is 5.84 Å². The summed E-state index contributed by atoms with van der Waals surface area (Å²) >= 11 is 0. The molecule has 1 atom stereocenters. The van der Waals surface area contributed by atoms with Gasteiger partial charge in [-0.05, 0) is 13.3 Å². The van der Waals surface area contributed by atoms with E-state index in [9.17, 15) is 5.11 Å². The molecule has 11 heavy (non-hydrogen) atoms. The molecule has 1 unspecified atom stereocenters. The van der Waals surface area contributed by atoms with E-state index in [4.69, 9.17) is 11.1 Å². The molecule has 4 N–H and O–H groups in total. The summed E-state index contributed by atoms with van der Waals surface area (Å²) in [6.45, 7) is 3.77. The maximum atomic E-state index is 9.52. The van der Waals surface area contributed by atoms with Gasteiger partial charge in [0.05, 0.1) is 12.1 Å². The molecular weight excluding hydrogens is 142 g/mol. The van der Waals surface area contributed by atoms with E-state index in [1.165, 1.54) is 0 Å². The molecule has 4 nitrogen and oxygen atoms in total. The van der Waals surface area contributed by atoms with Crippen LogP contribution in [0.1, 0.15) is 13.3 Å². The Morgan fingerprint density at radius 1 is 1.82 bits per heavy atom. The van der Waals surface area contributed by atoms with E-state index in [0.717, 1.165) is 13.0 Å². The van der Waals surface area contributed by atoms with Crippen molar-refractivity contribution in [2.24, 2.45) is 5.73 Å². The molecule has 0 aliphatic carbocycles. The first-order valence-electron chi connectivity index (χ1n) is 3.77. The van der Waals surface area contributed by atoms with Gasteiger partial charge in [-0.15, -0.1) is 0 Å². The fraction of sp³-hybridized carbons (Fsp3) is 0.857. The van der Waals surface area contributed by atoms with E-state index in [0.29, 0.717) is 13.1 Å². The summed E-state index contributed by atoms with van der Waals surface area (Å²) in [6, 6.07) is 0. The second kappa shape index (κ2) is 2.79. The Bertz CT molecular complexity index is 167. The van der Waals surface area contributed by atoms with Gasteiger partial charge in [0.25, 0.3) is 0 Å². The highest BCUT2D eigenvalue weighted by Gasteiger charge is 2.30. The van der Waals surface area contributed by atoms with Crippen molar-refractivity contribution in [2.45, 2.75) is 18.9 Å². The third-order valence-corrected chi connectivity index (χ3v) is 1.92. The molecule has 1 aliphatic heterocycles. The van der Waals surface area contributed by atoms with Gasteiger partial charge in [0.1, 0.15) is 5.84 Å². The Morgan fingerprint density at radius 2 is 2.45 bits per heavy atom. The largest absolute Gasteiger partial charge is 0.389 e. The molecular formula is C7H15N3O. The quantitative estimate of drug-likeness (QED) is 0.369. The standard InChI is InChI=1S/C7H15N3O/c1-7(11)2-3-10(5-7)4-6(8)9/h11H,2-5H2,1H3,(H3,8,9). The molecule has 1 rings (SSSR count).